The second-order valence-electron chi connectivity index (χ2n) is 9.54. The summed E-state index contributed by atoms with van der Waals surface area (Å²) in [4.78, 5) is 29.2. The van der Waals surface area contributed by atoms with Gasteiger partial charge in [-0.25, -0.2) is 15.0 Å². The maximum absolute atomic E-state index is 13.4. The summed E-state index contributed by atoms with van der Waals surface area (Å²) in [7, 11) is 0. The summed E-state index contributed by atoms with van der Waals surface area (Å²) in [6.45, 7) is 2.93. The molecular weight excluding hydrogens is 537 g/mol. The van der Waals surface area contributed by atoms with Crippen LogP contribution in [0.25, 0.3) is 10.9 Å². The smallest absolute Gasteiger partial charge is 0.394 e. The van der Waals surface area contributed by atoms with Crippen LogP contribution in [0.4, 0.5) is 19.0 Å². The van der Waals surface area contributed by atoms with Crippen LogP contribution in [0.2, 0.25) is 5.02 Å². The number of anilines is 1. The van der Waals surface area contributed by atoms with E-state index in [0.29, 0.717) is 42.8 Å². The van der Waals surface area contributed by atoms with Crippen molar-refractivity contribution in [1.82, 2.24) is 25.2 Å². The molecule has 1 amide bonds. The number of pyridine rings is 1. The summed E-state index contributed by atoms with van der Waals surface area (Å²) in [5, 5.41) is 13.4. The van der Waals surface area contributed by atoms with Crippen LogP contribution < -0.4 is 10.2 Å². The number of halogens is 4. The highest BCUT2D eigenvalue weighted by Crippen LogP contribution is 2.31. The van der Waals surface area contributed by atoms with Crippen molar-refractivity contribution in [3.63, 3.8) is 0 Å². The van der Waals surface area contributed by atoms with Crippen LogP contribution in [0.1, 0.15) is 40.6 Å². The molecule has 39 heavy (non-hydrogen) atoms. The number of amides is 1. The lowest BCUT2D eigenvalue weighted by molar-refractivity contribution is -0.145. The highest BCUT2D eigenvalue weighted by atomic mass is 35.5. The van der Waals surface area contributed by atoms with Gasteiger partial charge in [0.25, 0.3) is 5.91 Å². The Kier molecular flexibility index (Phi) is 8.17. The summed E-state index contributed by atoms with van der Waals surface area (Å²) in [6.07, 6.45) is -0.493. The van der Waals surface area contributed by atoms with E-state index in [0.717, 1.165) is 37.6 Å². The molecular formula is C26H28ClF3N6O3. The van der Waals surface area contributed by atoms with Gasteiger partial charge in [0.1, 0.15) is 5.82 Å². The van der Waals surface area contributed by atoms with Crippen molar-refractivity contribution in [3.05, 3.63) is 58.6 Å². The molecule has 2 aliphatic heterocycles. The molecule has 2 aromatic heterocycles. The van der Waals surface area contributed by atoms with Crippen molar-refractivity contribution < 1.29 is 27.8 Å². The number of carbonyl (C=O) groups is 1. The van der Waals surface area contributed by atoms with Gasteiger partial charge in [-0.1, -0.05) is 11.6 Å². The minimum absolute atomic E-state index is 0.0105. The summed E-state index contributed by atoms with van der Waals surface area (Å²) in [5.74, 6) is -0.923. The lowest BCUT2D eigenvalue weighted by atomic mass is 10.1. The van der Waals surface area contributed by atoms with Crippen molar-refractivity contribution in [1.29, 1.82) is 0 Å². The molecule has 0 saturated carbocycles. The zero-order valence-electron chi connectivity index (χ0n) is 21.0. The predicted octanol–water partition coefficient (Wildman–Crippen LogP) is 3.46. The van der Waals surface area contributed by atoms with Gasteiger partial charge in [-0.3, -0.25) is 9.69 Å². The van der Waals surface area contributed by atoms with Crippen LogP contribution in [0.3, 0.4) is 0 Å². The van der Waals surface area contributed by atoms with E-state index in [1.54, 1.807) is 18.2 Å². The van der Waals surface area contributed by atoms with E-state index in [1.165, 1.54) is 0 Å². The maximum atomic E-state index is 13.4. The van der Waals surface area contributed by atoms with Crippen molar-refractivity contribution in [2.24, 2.45) is 0 Å². The molecule has 5 rings (SSSR count). The summed E-state index contributed by atoms with van der Waals surface area (Å²) >= 11 is 6.47. The molecule has 2 aliphatic rings. The normalized spacial score (nSPS) is 19.4. The number of morpholine rings is 1. The molecule has 0 spiro atoms. The second kappa shape index (κ2) is 11.6. The lowest BCUT2D eigenvalue weighted by Crippen LogP contribution is -2.44. The van der Waals surface area contributed by atoms with Gasteiger partial charge in [0, 0.05) is 49.5 Å². The predicted molar refractivity (Wildman–Crippen MR) is 139 cm³/mol. The molecule has 9 nitrogen and oxygen atoms in total. The van der Waals surface area contributed by atoms with Crippen molar-refractivity contribution in [2.75, 3.05) is 50.9 Å². The Morgan fingerprint density at radius 1 is 1.15 bits per heavy atom. The van der Waals surface area contributed by atoms with E-state index in [2.05, 4.69) is 20.2 Å². The summed E-state index contributed by atoms with van der Waals surface area (Å²) in [6, 6.07) is 6.53. The number of hydrogen-bond donors (Lipinski definition) is 2. The third-order valence-corrected chi connectivity index (χ3v) is 7.48. The minimum Gasteiger partial charge on any atom is -0.394 e. The molecule has 2 N–H and O–H groups in total. The molecule has 1 aromatic carbocycles. The fourth-order valence-corrected chi connectivity index (χ4v) is 5.42. The average Bonchev–Trinajstić information content (AvgIpc) is 3.42. The summed E-state index contributed by atoms with van der Waals surface area (Å²) in [5.41, 5.74) is 1.30. The maximum Gasteiger partial charge on any atom is 0.451 e. The van der Waals surface area contributed by atoms with Gasteiger partial charge < -0.3 is 20.1 Å². The zero-order valence-corrected chi connectivity index (χ0v) is 21.8. The van der Waals surface area contributed by atoms with E-state index in [-0.39, 0.29) is 29.8 Å². The third kappa shape index (κ3) is 5.93. The molecule has 1 unspecified atom stereocenters. The topological polar surface area (TPSA) is 104 Å². The Balaban J connectivity index is 1.39. The quantitative estimate of drug-likeness (QED) is 0.450. The first-order chi connectivity index (χ1) is 18.8. The van der Waals surface area contributed by atoms with Gasteiger partial charge in [-0.15, -0.1) is 0 Å². The van der Waals surface area contributed by atoms with E-state index in [1.807, 2.05) is 11.0 Å². The van der Waals surface area contributed by atoms with Crippen LogP contribution in [0.15, 0.2) is 36.7 Å². The van der Waals surface area contributed by atoms with Gasteiger partial charge >= 0.3 is 6.18 Å². The van der Waals surface area contributed by atoms with Crippen LogP contribution in [-0.2, 0) is 10.9 Å². The number of hydrogen-bond acceptors (Lipinski definition) is 8. The van der Waals surface area contributed by atoms with Crippen molar-refractivity contribution >= 4 is 34.2 Å². The summed E-state index contributed by atoms with van der Waals surface area (Å²) < 4.78 is 44.4. The van der Waals surface area contributed by atoms with E-state index in [9.17, 15) is 23.1 Å². The molecule has 208 valence electrons. The monoisotopic (exact) mass is 564 g/mol. The van der Waals surface area contributed by atoms with E-state index in [4.69, 9.17) is 21.3 Å². The van der Waals surface area contributed by atoms with Crippen molar-refractivity contribution in [2.45, 2.75) is 31.1 Å². The number of nitrogens with zero attached hydrogens (tertiary/aromatic N) is 5. The second-order valence-corrected chi connectivity index (χ2v) is 9.95. The Morgan fingerprint density at radius 2 is 1.90 bits per heavy atom. The number of aliphatic hydroxyl groups is 1. The number of aliphatic hydroxyl groups excluding tert-OH is 1. The van der Waals surface area contributed by atoms with Gasteiger partial charge in [0.2, 0.25) is 5.82 Å². The van der Waals surface area contributed by atoms with Crippen LogP contribution in [-0.4, -0.2) is 82.9 Å². The molecule has 3 aromatic rings. The molecule has 0 radical (unpaired) electrons. The number of carbonyl (C=O) groups excluding carboxylic acids is 1. The van der Waals surface area contributed by atoms with E-state index < -0.39 is 23.9 Å². The Hall–Kier alpha value is -3.06. The molecule has 2 atom stereocenters. The van der Waals surface area contributed by atoms with Gasteiger partial charge in [-0.2, -0.15) is 13.2 Å². The first-order valence-corrected chi connectivity index (χ1v) is 13.1. The molecule has 0 aliphatic carbocycles. The highest BCUT2D eigenvalue weighted by Gasteiger charge is 2.35. The number of fused-ring (bicyclic) bond motifs is 1. The average molecular weight is 565 g/mol. The van der Waals surface area contributed by atoms with Crippen LogP contribution in [0, 0.1) is 0 Å². The Labute approximate surface area is 228 Å². The number of nitrogens with one attached hydrogen (secondary N) is 1. The standard InChI is InChI=1S/C26H28ClF3N6O3/c27-19-4-5-20-18(3-6-22(34-20)36-7-1-2-17(36)15-37)23(19)24(38)31-14-21(35-8-10-39-11-9-35)16-12-32-25(33-13-16)26(28,29)30/h3-6,12-13,17,21,37H,1-2,7-11,14-15H2,(H,31,38)/t17-,21?/m0/s1. The first-order valence-electron chi connectivity index (χ1n) is 12.7. The highest BCUT2D eigenvalue weighted by molar-refractivity contribution is 6.35. The van der Waals surface area contributed by atoms with Crippen LogP contribution >= 0.6 is 11.6 Å². The number of aromatic nitrogens is 3. The van der Waals surface area contributed by atoms with E-state index >= 15 is 0 Å². The Morgan fingerprint density at radius 3 is 2.59 bits per heavy atom. The molecule has 13 heteroatoms. The largest absolute Gasteiger partial charge is 0.451 e. The van der Waals surface area contributed by atoms with Crippen LogP contribution in [0.5, 0.6) is 0 Å². The van der Waals surface area contributed by atoms with Gasteiger partial charge in [-0.05, 0) is 37.1 Å². The number of alkyl halides is 3. The first kappa shape index (κ1) is 27.5. The third-order valence-electron chi connectivity index (χ3n) is 7.17. The fourth-order valence-electron chi connectivity index (χ4n) is 5.17. The molecule has 2 saturated heterocycles. The fraction of sp³-hybridized carbons (Fsp3) is 0.462. The number of benzene rings is 1. The SMILES string of the molecule is O=C(NCC(c1cnc(C(F)(F)F)nc1)N1CCOCC1)c1c(Cl)ccc2nc(N3CCC[C@H]3CO)ccc12. The van der Waals surface area contributed by atoms with Crippen molar-refractivity contribution in [3.8, 4) is 0 Å². The molecule has 4 heterocycles. The molecule has 2 fully saturated rings. The van der Waals surface area contributed by atoms with Gasteiger partial charge in [0.15, 0.2) is 0 Å². The zero-order chi connectivity index (χ0) is 27.6. The Bertz CT molecular complexity index is 1320. The molecule has 0 bridgehead atoms. The lowest BCUT2D eigenvalue weighted by Gasteiger charge is -2.34. The number of rotatable bonds is 7. The minimum atomic E-state index is -4.64. The number of ether oxygens (including phenoxy) is 1. The van der Waals surface area contributed by atoms with Gasteiger partial charge in [0.05, 0.1) is 48.0 Å².